The Bertz CT molecular complexity index is 309. The van der Waals surface area contributed by atoms with Gasteiger partial charge in [0.2, 0.25) is 0 Å². The summed E-state index contributed by atoms with van der Waals surface area (Å²) in [4.78, 5) is 2.38. The van der Waals surface area contributed by atoms with Crippen LogP contribution in [0, 0.1) is 23.2 Å². The van der Waals surface area contributed by atoms with Gasteiger partial charge in [-0.25, -0.2) is 0 Å². The molecule has 0 aromatic rings. The van der Waals surface area contributed by atoms with Gasteiger partial charge in [0.25, 0.3) is 0 Å². The molecule has 0 N–H and O–H groups in total. The van der Waals surface area contributed by atoms with E-state index >= 15 is 0 Å². The molecule has 0 radical (unpaired) electrons. The van der Waals surface area contributed by atoms with Gasteiger partial charge in [0.15, 0.2) is 0 Å². The molecule has 0 aromatic heterocycles. The number of nitrogens with zero attached hydrogens (tertiary/aromatic N) is 1. The summed E-state index contributed by atoms with van der Waals surface area (Å²) in [6.45, 7) is 26.2. The van der Waals surface area contributed by atoms with Crippen LogP contribution in [0.3, 0.4) is 0 Å². The minimum Gasteiger partial charge on any atom is -0.381 e. The van der Waals surface area contributed by atoms with Gasteiger partial charge >= 0.3 is 0 Å². The van der Waals surface area contributed by atoms with Gasteiger partial charge in [-0.3, -0.25) is 0 Å². The van der Waals surface area contributed by atoms with Crippen molar-refractivity contribution in [3.05, 3.63) is 0 Å². The maximum Gasteiger partial charge on any atom is 0.0539 e. The fourth-order valence-electron chi connectivity index (χ4n) is 3.40. The summed E-state index contributed by atoms with van der Waals surface area (Å²) in [5.74, 6) is 2.73. The molecule has 1 unspecified atom stereocenters. The van der Waals surface area contributed by atoms with Crippen LogP contribution in [-0.4, -0.2) is 51.5 Å². The molecule has 3 fully saturated rings. The predicted octanol–water partition coefficient (Wildman–Crippen LogP) is 7.29. The van der Waals surface area contributed by atoms with Crippen LogP contribution in [0.15, 0.2) is 0 Å². The Labute approximate surface area is 185 Å². The van der Waals surface area contributed by atoms with Gasteiger partial charge in [-0.2, -0.15) is 0 Å². The number of hydrogen-bond acceptors (Lipinski definition) is 3. The third kappa shape index (κ3) is 19.6. The van der Waals surface area contributed by atoms with Gasteiger partial charge in [-0.15, -0.1) is 0 Å². The molecule has 3 rings (SSSR count). The lowest BCUT2D eigenvalue weighted by molar-refractivity contribution is -0.0892. The molecule has 3 heterocycles. The van der Waals surface area contributed by atoms with Crippen molar-refractivity contribution in [1.82, 2.24) is 4.90 Å². The molecule has 0 aliphatic carbocycles. The standard InChI is InChI=1S/C8H16O.C6H13N.C5H10O.C5H12.C2H6/c1-7(2)8-3-5-9-6-4-8;1-6-3-4-7(2)5-6;1-5(2)3-6-4-5;1-3-5-4-2;1-2/h7-8H,3-6H2,1-2H3;6H,3-5H2,1-2H3;3-4H2,1-2H3;3-5H2,1-2H3;1-2H3. The van der Waals surface area contributed by atoms with Crippen LogP contribution in [0.4, 0.5) is 0 Å². The van der Waals surface area contributed by atoms with E-state index in [-0.39, 0.29) is 0 Å². The Hall–Kier alpha value is -0.120. The van der Waals surface area contributed by atoms with E-state index in [0.717, 1.165) is 44.2 Å². The lowest BCUT2D eigenvalue weighted by Crippen LogP contribution is -2.36. The lowest BCUT2D eigenvalue weighted by atomic mass is 9.89. The summed E-state index contributed by atoms with van der Waals surface area (Å²) >= 11 is 0. The monoisotopic (exact) mass is 415 g/mol. The summed E-state index contributed by atoms with van der Waals surface area (Å²) < 4.78 is 10.2. The van der Waals surface area contributed by atoms with Crippen LogP contribution in [0.2, 0.25) is 0 Å². The zero-order valence-electron chi connectivity index (χ0n) is 22.0. The second-order valence-corrected chi connectivity index (χ2v) is 9.86. The number of likely N-dealkylation sites (tertiary alicyclic amines) is 1. The minimum absolute atomic E-state index is 0.500. The molecule has 3 aliphatic rings. The predicted molar refractivity (Wildman–Crippen MR) is 131 cm³/mol. The van der Waals surface area contributed by atoms with Gasteiger partial charge < -0.3 is 14.4 Å². The second kappa shape index (κ2) is 19.8. The highest BCUT2D eigenvalue weighted by molar-refractivity contribution is 4.73. The van der Waals surface area contributed by atoms with Crippen molar-refractivity contribution in [2.24, 2.45) is 23.2 Å². The lowest BCUT2D eigenvalue weighted by Gasteiger charge is -2.33. The fourth-order valence-corrected chi connectivity index (χ4v) is 3.40. The van der Waals surface area contributed by atoms with Crippen molar-refractivity contribution in [2.75, 3.05) is 46.6 Å². The summed E-state index contributed by atoms with van der Waals surface area (Å²) in [5, 5.41) is 0. The zero-order valence-corrected chi connectivity index (χ0v) is 22.0. The Morgan fingerprint density at radius 2 is 1.41 bits per heavy atom. The first kappa shape index (κ1) is 31.1. The smallest absolute Gasteiger partial charge is 0.0539 e. The number of hydrogen-bond donors (Lipinski definition) is 0. The van der Waals surface area contributed by atoms with Crippen molar-refractivity contribution in [2.45, 2.75) is 101 Å². The Morgan fingerprint density at radius 3 is 1.55 bits per heavy atom. The van der Waals surface area contributed by atoms with Crippen LogP contribution in [-0.2, 0) is 9.47 Å². The largest absolute Gasteiger partial charge is 0.381 e. The first-order valence-corrected chi connectivity index (χ1v) is 12.6. The molecular formula is C26H57NO2. The van der Waals surface area contributed by atoms with Crippen LogP contribution in [0.25, 0.3) is 0 Å². The van der Waals surface area contributed by atoms with Crippen molar-refractivity contribution >= 4 is 0 Å². The molecule has 3 nitrogen and oxygen atoms in total. The first-order chi connectivity index (χ1) is 13.7. The zero-order chi connectivity index (χ0) is 22.7. The van der Waals surface area contributed by atoms with Crippen LogP contribution < -0.4 is 0 Å². The van der Waals surface area contributed by atoms with Gasteiger partial charge in [-0.05, 0) is 50.6 Å². The number of unbranched alkanes of at least 4 members (excludes halogenated alkanes) is 2. The van der Waals surface area contributed by atoms with Crippen molar-refractivity contribution in [3.8, 4) is 0 Å². The first-order valence-electron chi connectivity index (χ1n) is 12.6. The number of ether oxygens (including phenoxy) is 2. The summed E-state index contributed by atoms with van der Waals surface area (Å²) in [6.07, 6.45) is 8.03. The summed E-state index contributed by atoms with van der Waals surface area (Å²) in [6, 6.07) is 0. The molecule has 0 amide bonds. The highest BCUT2D eigenvalue weighted by atomic mass is 16.5. The molecule has 3 saturated heterocycles. The number of rotatable bonds is 3. The van der Waals surface area contributed by atoms with E-state index in [2.05, 4.69) is 60.4 Å². The maximum absolute atomic E-state index is 5.25. The molecule has 3 aliphatic heterocycles. The third-order valence-electron chi connectivity index (χ3n) is 5.53. The molecule has 0 spiro atoms. The van der Waals surface area contributed by atoms with E-state index in [1.54, 1.807) is 0 Å². The van der Waals surface area contributed by atoms with Gasteiger partial charge in [-0.1, -0.05) is 81.6 Å². The molecule has 0 bridgehead atoms. The highest BCUT2D eigenvalue weighted by Crippen LogP contribution is 2.24. The molecule has 3 heteroatoms. The van der Waals surface area contributed by atoms with Crippen LogP contribution in [0.5, 0.6) is 0 Å². The molecular weight excluding hydrogens is 358 g/mol. The minimum atomic E-state index is 0.500. The van der Waals surface area contributed by atoms with Crippen molar-refractivity contribution in [1.29, 1.82) is 0 Å². The quantitative estimate of drug-likeness (QED) is 0.483. The molecule has 29 heavy (non-hydrogen) atoms. The topological polar surface area (TPSA) is 21.7 Å². The van der Waals surface area contributed by atoms with E-state index in [1.807, 2.05) is 13.8 Å². The normalized spacial score (nSPS) is 23.1. The highest BCUT2D eigenvalue weighted by Gasteiger charge is 2.26. The van der Waals surface area contributed by atoms with Gasteiger partial charge in [0, 0.05) is 25.2 Å². The molecule has 178 valence electrons. The van der Waals surface area contributed by atoms with Crippen molar-refractivity contribution in [3.63, 3.8) is 0 Å². The van der Waals surface area contributed by atoms with Crippen LogP contribution in [0.1, 0.15) is 101 Å². The van der Waals surface area contributed by atoms with E-state index < -0.39 is 0 Å². The average Bonchev–Trinajstić information content (AvgIpc) is 3.08. The van der Waals surface area contributed by atoms with E-state index in [1.165, 1.54) is 51.6 Å². The summed E-state index contributed by atoms with van der Waals surface area (Å²) in [7, 11) is 2.18. The van der Waals surface area contributed by atoms with Crippen molar-refractivity contribution < 1.29 is 9.47 Å². The van der Waals surface area contributed by atoms with E-state index in [0.29, 0.717) is 5.41 Å². The van der Waals surface area contributed by atoms with Crippen LogP contribution >= 0.6 is 0 Å². The molecule has 0 saturated carbocycles. The second-order valence-electron chi connectivity index (χ2n) is 9.86. The fraction of sp³-hybridized carbons (Fsp3) is 1.00. The average molecular weight is 416 g/mol. The van der Waals surface area contributed by atoms with Gasteiger partial charge in [0.1, 0.15) is 0 Å². The molecule has 1 atom stereocenters. The Kier molecular flexibility index (Phi) is 21.2. The SMILES string of the molecule is CC.CC(C)C1CCOCC1.CC1(C)COC1.CC1CCN(C)C1.CCCCC. The summed E-state index contributed by atoms with van der Waals surface area (Å²) in [5.41, 5.74) is 0.500. The van der Waals surface area contributed by atoms with E-state index in [4.69, 9.17) is 9.47 Å². The molecule has 0 aromatic carbocycles. The Balaban J connectivity index is 0. The van der Waals surface area contributed by atoms with E-state index in [9.17, 15) is 0 Å². The Morgan fingerprint density at radius 1 is 0.931 bits per heavy atom. The van der Waals surface area contributed by atoms with Gasteiger partial charge in [0.05, 0.1) is 13.2 Å². The third-order valence-corrected chi connectivity index (χ3v) is 5.53. The maximum atomic E-state index is 5.25.